The molecule has 1 unspecified atom stereocenters. The van der Waals surface area contributed by atoms with Gasteiger partial charge in [-0.25, -0.2) is 0 Å². The number of halogens is 1. The molecular formula is C18H19ClO. The Hall–Kier alpha value is -1.31. The first-order valence-electron chi connectivity index (χ1n) is 7.08. The lowest BCUT2D eigenvalue weighted by Crippen LogP contribution is -1.96. The van der Waals surface area contributed by atoms with Crippen LogP contribution in [0.3, 0.4) is 0 Å². The molecule has 0 aromatic heterocycles. The first-order chi connectivity index (χ1) is 9.65. The summed E-state index contributed by atoms with van der Waals surface area (Å²) in [6, 6.07) is 15.0. The number of fused-ring (bicyclic) bond motifs is 1. The second kappa shape index (κ2) is 5.59. The predicted molar refractivity (Wildman–Crippen MR) is 83.2 cm³/mol. The molecule has 0 spiro atoms. The van der Waals surface area contributed by atoms with Crippen LogP contribution in [-0.4, -0.2) is 0 Å². The van der Waals surface area contributed by atoms with Gasteiger partial charge >= 0.3 is 0 Å². The molecule has 0 bridgehead atoms. The van der Waals surface area contributed by atoms with E-state index in [1.54, 1.807) is 0 Å². The first kappa shape index (κ1) is 13.7. The lowest BCUT2D eigenvalue weighted by molar-refractivity contribution is 0.134. The van der Waals surface area contributed by atoms with Crippen molar-refractivity contribution in [2.75, 3.05) is 0 Å². The van der Waals surface area contributed by atoms with Crippen molar-refractivity contribution in [1.82, 2.24) is 0 Å². The van der Waals surface area contributed by atoms with E-state index in [-0.39, 0.29) is 5.38 Å². The van der Waals surface area contributed by atoms with Crippen molar-refractivity contribution in [3.8, 4) is 0 Å². The molecule has 0 amide bonds. The normalized spacial score (nSPS) is 15.4. The van der Waals surface area contributed by atoms with E-state index in [9.17, 15) is 0 Å². The van der Waals surface area contributed by atoms with Gasteiger partial charge in [0.1, 0.15) is 0 Å². The Kier molecular flexibility index (Phi) is 3.82. The molecule has 104 valence electrons. The molecule has 3 rings (SSSR count). The molecule has 20 heavy (non-hydrogen) atoms. The zero-order valence-corrected chi connectivity index (χ0v) is 12.7. The second-order valence-electron chi connectivity index (χ2n) is 5.70. The number of ether oxygens (including phenoxy) is 1. The fraction of sp³-hybridized carbons (Fsp3) is 0.333. The number of benzene rings is 2. The monoisotopic (exact) mass is 286 g/mol. The minimum absolute atomic E-state index is 0.0953. The van der Waals surface area contributed by atoms with Crippen LogP contribution in [0, 0.1) is 0 Å². The van der Waals surface area contributed by atoms with Gasteiger partial charge in [-0.05, 0) is 33.7 Å². The average Bonchev–Trinajstić information content (AvgIpc) is 2.94. The van der Waals surface area contributed by atoms with Crippen LogP contribution >= 0.6 is 11.6 Å². The standard InChI is InChI=1S/C18H19ClO/c1-12(2)13-3-5-14(6-4-13)18(19)15-7-8-16-10-20-11-17(16)9-15/h3-9,12,18H,10-11H2,1-2H3. The Morgan fingerprint density at radius 1 is 0.850 bits per heavy atom. The van der Waals surface area contributed by atoms with E-state index in [4.69, 9.17) is 16.3 Å². The molecule has 1 heterocycles. The van der Waals surface area contributed by atoms with Crippen LogP contribution < -0.4 is 0 Å². The molecule has 2 aromatic carbocycles. The maximum absolute atomic E-state index is 6.62. The van der Waals surface area contributed by atoms with Gasteiger partial charge in [-0.1, -0.05) is 56.3 Å². The summed E-state index contributed by atoms with van der Waals surface area (Å²) in [5.41, 5.74) is 6.20. The van der Waals surface area contributed by atoms with Crippen LogP contribution in [0.25, 0.3) is 0 Å². The summed E-state index contributed by atoms with van der Waals surface area (Å²) in [6.07, 6.45) is 0. The summed E-state index contributed by atoms with van der Waals surface area (Å²) in [6.45, 7) is 5.84. The van der Waals surface area contributed by atoms with E-state index < -0.39 is 0 Å². The molecule has 1 aliphatic rings. The van der Waals surface area contributed by atoms with Gasteiger partial charge in [0, 0.05) is 0 Å². The van der Waals surface area contributed by atoms with Crippen molar-refractivity contribution in [3.05, 3.63) is 70.3 Å². The van der Waals surface area contributed by atoms with Crippen molar-refractivity contribution in [1.29, 1.82) is 0 Å². The summed E-state index contributed by atoms with van der Waals surface area (Å²) in [5, 5.41) is -0.0953. The van der Waals surface area contributed by atoms with Gasteiger partial charge in [0.15, 0.2) is 0 Å². The summed E-state index contributed by atoms with van der Waals surface area (Å²) in [5.74, 6) is 0.551. The van der Waals surface area contributed by atoms with Crippen molar-refractivity contribution in [2.24, 2.45) is 0 Å². The van der Waals surface area contributed by atoms with Crippen LogP contribution in [0.2, 0.25) is 0 Å². The number of hydrogen-bond acceptors (Lipinski definition) is 1. The zero-order valence-electron chi connectivity index (χ0n) is 11.9. The molecule has 2 heteroatoms. The highest BCUT2D eigenvalue weighted by atomic mass is 35.5. The minimum atomic E-state index is -0.0953. The highest BCUT2D eigenvalue weighted by Crippen LogP contribution is 2.32. The van der Waals surface area contributed by atoms with Crippen LogP contribution in [-0.2, 0) is 18.0 Å². The number of rotatable bonds is 3. The molecule has 1 aliphatic heterocycles. The molecule has 2 aromatic rings. The lowest BCUT2D eigenvalue weighted by atomic mass is 9.97. The summed E-state index contributed by atoms with van der Waals surface area (Å²) >= 11 is 6.62. The van der Waals surface area contributed by atoms with Crippen molar-refractivity contribution in [2.45, 2.75) is 38.4 Å². The summed E-state index contributed by atoms with van der Waals surface area (Å²) < 4.78 is 5.45. The fourth-order valence-electron chi connectivity index (χ4n) is 2.59. The average molecular weight is 287 g/mol. The molecule has 1 atom stereocenters. The Bertz CT molecular complexity index is 601. The van der Waals surface area contributed by atoms with Crippen LogP contribution in [0.4, 0.5) is 0 Å². The Balaban J connectivity index is 1.86. The minimum Gasteiger partial charge on any atom is -0.372 e. The summed E-state index contributed by atoms with van der Waals surface area (Å²) in [7, 11) is 0. The van der Waals surface area contributed by atoms with E-state index in [1.807, 2.05) is 0 Å². The van der Waals surface area contributed by atoms with Crippen LogP contribution in [0.15, 0.2) is 42.5 Å². The van der Waals surface area contributed by atoms with Crippen molar-refractivity contribution in [3.63, 3.8) is 0 Å². The molecule has 1 nitrogen and oxygen atoms in total. The predicted octanol–water partition coefficient (Wildman–Crippen LogP) is 5.17. The van der Waals surface area contributed by atoms with Gasteiger partial charge in [0.25, 0.3) is 0 Å². The molecule has 0 aliphatic carbocycles. The lowest BCUT2D eigenvalue weighted by Gasteiger charge is -2.13. The molecule has 0 saturated carbocycles. The third-order valence-corrected chi connectivity index (χ3v) is 4.44. The van der Waals surface area contributed by atoms with Gasteiger partial charge in [-0.2, -0.15) is 0 Å². The quantitative estimate of drug-likeness (QED) is 0.708. The number of alkyl halides is 1. The zero-order chi connectivity index (χ0) is 14.1. The number of hydrogen-bond donors (Lipinski definition) is 0. The van der Waals surface area contributed by atoms with Gasteiger partial charge in [-0.3, -0.25) is 0 Å². The van der Waals surface area contributed by atoms with E-state index in [1.165, 1.54) is 16.7 Å². The Morgan fingerprint density at radius 2 is 1.45 bits per heavy atom. The van der Waals surface area contributed by atoms with E-state index in [0.717, 1.165) is 17.7 Å². The smallest absolute Gasteiger partial charge is 0.0835 e. The SMILES string of the molecule is CC(C)c1ccc(C(Cl)c2ccc3c(c2)COC3)cc1. The van der Waals surface area contributed by atoms with Gasteiger partial charge in [-0.15, -0.1) is 11.6 Å². The van der Waals surface area contributed by atoms with E-state index >= 15 is 0 Å². The third-order valence-electron chi connectivity index (χ3n) is 3.93. The second-order valence-corrected chi connectivity index (χ2v) is 6.14. The summed E-state index contributed by atoms with van der Waals surface area (Å²) in [4.78, 5) is 0. The molecule has 0 fully saturated rings. The Morgan fingerprint density at radius 3 is 2.15 bits per heavy atom. The largest absolute Gasteiger partial charge is 0.372 e. The molecule has 0 saturated heterocycles. The van der Waals surface area contributed by atoms with Gasteiger partial charge in [0.2, 0.25) is 0 Å². The van der Waals surface area contributed by atoms with Crippen molar-refractivity contribution >= 4 is 11.6 Å². The molecular weight excluding hydrogens is 268 g/mol. The highest BCUT2D eigenvalue weighted by molar-refractivity contribution is 6.22. The first-order valence-corrected chi connectivity index (χ1v) is 7.52. The van der Waals surface area contributed by atoms with Gasteiger partial charge < -0.3 is 4.74 Å². The Labute approximate surface area is 125 Å². The van der Waals surface area contributed by atoms with Crippen molar-refractivity contribution < 1.29 is 4.74 Å². The molecule has 0 N–H and O–H groups in total. The topological polar surface area (TPSA) is 9.23 Å². The van der Waals surface area contributed by atoms with E-state index in [0.29, 0.717) is 12.5 Å². The van der Waals surface area contributed by atoms with Gasteiger partial charge in [0.05, 0.1) is 18.6 Å². The van der Waals surface area contributed by atoms with Crippen LogP contribution in [0.1, 0.15) is 53.0 Å². The fourth-order valence-corrected chi connectivity index (χ4v) is 2.87. The maximum Gasteiger partial charge on any atom is 0.0835 e. The highest BCUT2D eigenvalue weighted by Gasteiger charge is 2.16. The third kappa shape index (κ3) is 2.61. The molecule has 0 radical (unpaired) electrons. The van der Waals surface area contributed by atoms with Crippen LogP contribution in [0.5, 0.6) is 0 Å². The van der Waals surface area contributed by atoms with E-state index in [2.05, 4.69) is 56.3 Å². The maximum atomic E-state index is 6.62.